The zero-order valence-electron chi connectivity index (χ0n) is 7.99. The molecule has 0 aliphatic carbocycles. The Morgan fingerprint density at radius 1 is 1.62 bits per heavy atom. The lowest BCUT2D eigenvalue weighted by atomic mass is 10.3. The van der Waals surface area contributed by atoms with E-state index < -0.39 is 0 Å². The van der Waals surface area contributed by atoms with E-state index in [1.807, 2.05) is 6.92 Å². The van der Waals surface area contributed by atoms with Gasteiger partial charge in [-0.15, -0.1) is 0 Å². The molecule has 0 radical (unpaired) electrons. The van der Waals surface area contributed by atoms with Crippen molar-refractivity contribution >= 4 is 6.01 Å². The highest BCUT2D eigenvalue weighted by atomic mass is 16.5. The molecular formula is C9H14N2O2. The molecule has 13 heavy (non-hydrogen) atoms. The van der Waals surface area contributed by atoms with E-state index in [4.69, 9.17) is 9.15 Å². The minimum Gasteiger partial charge on any atom is -0.432 e. The van der Waals surface area contributed by atoms with Gasteiger partial charge in [-0.25, -0.2) is 0 Å². The predicted molar refractivity (Wildman–Crippen MR) is 48.9 cm³/mol. The molecule has 1 aromatic rings. The monoisotopic (exact) mass is 182 g/mol. The number of anilines is 1. The lowest BCUT2D eigenvalue weighted by Gasteiger charge is -2.29. The fourth-order valence-electron chi connectivity index (χ4n) is 1.48. The van der Waals surface area contributed by atoms with Crippen molar-refractivity contribution in [3.8, 4) is 0 Å². The molecule has 1 aliphatic rings. The van der Waals surface area contributed by atoms with Gasteiger partial charge in [0.05, 0.1) is 18.4 Å². The molecule has 2 rings (SSSR count). The first-order valence-electron chi connectivity index (χ1n) is 4.54. The highest BCUT2D eigenvalue weighted by molar-refractivity contribution is 5.27. The molecule has 2 heterocycles. The van der Waals surface area contributed by atoms with Crippen molar-refractivity contribution in [2.45, 2.75) is 20.0 Å². The second kappa shape index (κ2) is 3.38. The number of hydrogen-bond donors (Lipinski definition) is 0. The summed E-state index contributed by atoms with van der Waals surface area (Å²) in [6.07, 6.45) is 1.94. The highest BCUT2D eigenvalue weighted by Gasteiger charge is 2.19. The van der Waals surface area contributed by atoms with Gasteiger partial charge in [-0.3, -0.25) is 0 Å². The lowest BCUT2D eigenvalue weighted by molar-refractivity contribution is 0.0514. The van der Waals surface area contributed by atoms with Crippen LogP contribution < -0.4 is 4.90 Å². The summed E-state index contributed by atoms with van der Waals surface area (Å²) in [5.41, 5.74) is 0.925. The SMILES string of the molecule is Cc1coc(N2CCO[C@H](C)C2)n1. The van der Waals surface area contributed by atoms with Crippen molar-refractivity contribution in [1.29, 1.82) is 0 Å². The molecule has 1 saturated heterocycles. The van der Waals surface area contributed by atoms with Crippen LogP contribution in [0.1, 0.15) is 12.6 Å². The number of hydrogen-bond acceptors (Lipinski definition) is 4. The number of morpholine rings is 1. The second-order valence-electron chi connectivity index (χ2n) is 3.40. The average Bonchev–Trinajstić information content (AvgIpc) is 2.52. The molecule has 4 heteroatoms. The largest absolute Gasteiger partial charge is 0.432 e. The van der Waals surface area contributed by atoms with Gasteiger partial charge in [0.15, 0.2) is 0 Å². The fourth-order valence-corrected chi connectivity index (χ4v) is 1.48. The molecule has 1 atom stereocenters. The molecule has 0 bridgehead atoms. The second-order valence-corrected chi connectivity index (χ2v) is 3.40. The molecule has 0 aromatic carbocycles. The summed E-state index contributed by atoms with van der Waals surface area (Å²) in [7, 11) is 0. The van der Waals surface area contributed by atoms with E-state index in [0.29, 0.717) is 6.01 Å². The van der Waals surface area contributed by atoms with Crippen LogP contribution in [-0.2, 0) is 4.74 Å². The van der Waals surface area contributed by atoms with Crippen LogP contribution in [-0.4, -0.2) is 30.8 Å². The van der Waals surface area contributed by atoms with Gasteiger partial charge in [0.1, 0.15) is 6.26 Å². The third kappa shape index (κ3) is 1.83. The molecule has 4 nitrogen and oxygen atoms in total. The van der Waals surface area contributed by atoms with Gasteiger partial charge in [0.2, 0.25) is 0 Å². The quantitative estimate of drug-likeness (QED) is 0.654. The van der Waals surface area contributed by atoms with Crippen molar-refractivity contribution in [2.24, 2.45) is 0 Å². The Labute approximate surface area is 77.5 Å². The Balaban J connectivity index is 2.08. The molecule has 72 valence electrons. The van der Waals surface area contributed by atoms with Gasteiger partial charge < -0.3 is 14.1 Å². The van der Waals surface area contributed by atoms with Crippen molar-refractivity contribution < 1.29 is 9.15 Å². The minimum atomic E-state index is 0.265. The smallest absolute Gasteiger partial charge is 0.297 e. The van der Waals surface area contributed by atoms with Crippen molar-refractivity contribution in [1.82, 2.24) is 4.98 Å². The van der Waals surface area contributed by atoms with Crippen LogP contribution in [0.5, 0.6) is 0 Å². The van der Waals surface area contributed by atoms with Crippen LogP contribution in [0.25, 0.3) is 0 Å². The van der Waals surface area contributed by atoms with E-state index in [2.05, 4.69) is 16.8 Å². The summed E-state index contributed by atoms with van der Waals surface area (Å²) < 4.78 is 10.7. The Bertz CT molecular complexity index is 285. The van der Waals surface area contributed by atoms with Gasteiger partial charge in [0, 0.05) is 13.1 Å². The molecule has 0 saturated carbocycles. The number of aryl methyl sites for hydroxylation is 1. The van der Waals surface area contributed by atoms with E-state index in [-0.39, 0.29) is 6.10 Å². The molecule has 1 aromatic heterocycles. The van der Waals surface area contributed by atoms with Gasteiger partial charge in [-0.05, 0) is 13.8 Å². The Kier molecular flexibility index (Phi) is 2.22. The van der Waals surface area contributed by atoms with Crippen molar-refractivity contribution in [3.63, 3.8) is 0 Å². The van der Waals surface area contributed by atoms with Crippen LogP contribution in [0.15, 0.2) is 10.7 Å². The van der Waals surface area contributed by atoms with Gasteiger partial charge in [-0.1, -0.05) is 0 Å². The molecule has 0 N–H and O–H groups in total. The number of nitrogens with zero attached hydrogens (tertiary/aromatic N) is 2. The standard InChI is InChI=1S/C9H14N2O2/c1-7-6-13-9(10-7)11-3-4-12-8(2)5-11/h6,8H,3-5H2,1-2H3/t8-/m1/s1. The van der Waals surface area contributed by atoms with E-state index in [9.17, 15) is 0 Å². The summed E-state index contributed by atoms with van der Waals surface area (Å²) in [5.74, 6) is 0. The maximum atomic E-state index is 5.43. The highest BCUT2D eigenvalue weighted by Crippen LogP contribution is 2.16. The number of aromatic nitrogens is 1. The summed E-state index contributed by atoms with van der Waals surface area (Å²) in [5, 5.41) is 0. The first-order chi connectivity index (χ1) is 6.25. The van der Waals surface area contributed by atoms with Crippen LogP contribution in [0.2, 0.25) is 0 Å². The maximum Gasteiger partial charge on any atom is 0.297 e. The summed E-state index contributed by atoms with van der Waals surface area (Å²) >= 11 is 0. The molecular weight excluding hydrogens is 168 g/mol. The van der Waals surface area contributed by atoms with Crippen LogP contribution in [0.3, 0.4) is 0 Å². The van der Waals surface area contributed by atoms with Gasteiger partial charge >= 0.3 is 0 Å². The summed E-state index contributed by atoms with van der Waals surface area (Å²) in [6, 6.07) is 0.715. The number of ether oxygens (including phenoxy) is 1. The van der Waals surface area contributed by atoms with Crippen LogP contribution in [0, 0.1) is 6.92 Å². The van der Waals surface area contributed by atoms with Crippen LogP contribution in [0.4, 0.5) is 6.01 Å². The zero-order valence-corrected chi connectivity index (χ0v) is 7.99. The maximum absolute atomic E-state index is 5.43. The predicted octanol–water partition coefficient (Wildman–Crippen LogP) is 1.21. The number of rotatable bonds is 1. The van der Waals surface area contributed by atoms with E-state index >= 15 is 0 Å². The van der Waals surface area contributed by atoms with Gasteiger partial charge in [-0.2, -0.15) is 4.98 Å². The zero-order chi connectivity index (χ0) is 9.26. The van der Waals surface area contributed by atoms with Crippen molar-refractivity contribution in [2.75, 3.05) is 24.6 Å². The summed E-state index contributed by atoms with van der Waals surface area (Å²) in [4.78, 5) is 6.38. The van der Waals surface area contributed by atoms with E-state index in [1.165, 1.54) is 0 Å². The van der Waals surface area contributed by atoms with E-state index in [1.54, 1.807) is 6.26 Å². The molecule has 1 fully saturated rings. The molecule has 0 amide bonds. The first kappa shape index (κ1) is 8.56. The fraction of sp³-hybridized carbons (Fsp3) is 0.667. The average molecular weight is 182 g/mol. The third-order valence-corrected chi connectivity index (χ3v) is 2.12. The van der Waals surface area contributed by atoms with Crippen molar-refractivity contribution in [3.05, 3.63) is 12.0 Å². The number of oxazole rings is 1. The lowest BCUT2D eigenvalue weighted by Crippen LogP contribution is -2.41. The minimum absolute atomic E-state index is 0.265. The topological polar surface area (TPSA) is 38.5 Å². The normalized spacial score (nSPS) is 23.5. The molecule has 0 spiro atoms. The third-order valence-electron chi connectivity index (χ3n) is 2.12. The Morgan fingerprint density at radius 2 is 2.46 bits per heavy atom. The Hall–Kier alpha value is -1.03. The first-order valence-corrected chi connectivity index (χ1v) is 4.54. The Morgan fingerprint density at radius 3 is 3.08 bits per heavy atom. The van der Waals surface area contributed by atoms with Crippen LogP contribution >= 0.6 is 0 Å². The molecule has 0 unspecified atom stereocenters. The van der Waals surface area contributed by atoms with Gasteiger partial charge in [0.25, 0.3) is 6.01 Å². The summed E-state index contributed by atoms with van der Waals surface area (Å²) in [6.45, 7) is 6.46. The molecule has 1 aliphatic heterocycles. The van der Waals surface area contributed by atoms with E-state index in [0.717, 1.165) is 25.4 Å².